The van der Waals surface area contributed by atoms with Gasteiger partial charge in [0.15, 0.2) is 11.5 Å². The molecule has 3 rings (SSSR count). The molecule has 9 heteroatoms. The number of rotatable bonds is 5. The Bertz CT molecular complexity index is 1090. The van der Waals surface area contributed by atoms with Gasteiger partial charge in [0.05, 0.1) is 0 Å². The number of aryl methyl sites for hydroxylation is 3. The fourth-order valence-corrected chi connectivity index (χ4v) is 2.80. The summed E-state index contributed by atoms with van der Waals surface area (Å²) in [4.78, 5) is 24.7. The van der Waals surface area contributed by atoms with Crippen LogP contribution in [0.5, 0.6) is 0 Å². The summed E-state index contributed by atoms with van der Waals surface area (Å²) < 4.78 is 1.17. The van der Waals surface area contributed by atoms with Crippen molar-refractivity contribution in [3.8, 4) is 0 Å². The number of nitrogens with two attached hydrogens (primary N) is 1. The molecule has 2 aromatic carbocycles. The fourth-order valence-electron chi connectivity index (χ4n) is 2.62. The Morgan fingerprint density at radius 1 is 1.00 bits per heavy atom. The number of nitrogens with one attached hydrogen (secondary N) is 2. The van der Waals surface area contributed by atoms with Crippen LogP contribution in [-0.2, 0) is 11.3 Å². The molecule has 0 radical (unpaired) electrons. The van der Waals surface area contributed by atoms with Crippen molar-refractivity contribution >= 4 is 40.6 Å². The van der Waals surface area contributed by atoms with Gasteiger partial charge in [-0.3, -0.25) is 9.59 Å². The lowest BCUT2D eigenvalue weighted by molar-refractivity contribution is -0.116. The minimum absolute atomic E-state index is 0.00375. The molecule has 0 saturated heterocycles. The van der Waals surface area contributed by atoms with E-state index in [2.05, 4.69) is 20.9 Å². The number of halogens is 1. The third kappa shape index (κ3) is 4.72. The highest BCUT2D eigenvalue weighted by molar-refractivity contribution is 6.31. The highest BCUT2D eigenvalue weighted by atomic mass is 35.5. The average Bonchev–Trinajstić information content (AvgIpc) is 3.02. The number of benzene rings is 2. The summed E-state index contributed by atoms with van der Waals surface area (Å²) in [5, 5.41) is 13.6. The molecule has 150 valence electrons. The molecule has 1 aromatic heterocycles. The first-order chi connectivity index (χ1) is 13.7. The van der Waals surface area contributed by atoms with Gasteiger partial charge in [0.1, 0.15) is 6.54 Å². The Hall–Kier alpha value is -3.39. The lowest BCUT2D eigenvalue weighted by Crippen LogP contribution is -2.21. The highest BCUT2D eigenvalue weighted by Gasteiger charge is 2.19. The average molecular weight is 413 g/mol. The maximum absolute atomic E-state index is 12.4. The minimum atomic E-state index is -0.539. The second-order valence-electron chi connectivity index (χ2n) is 6.75. The molecule has 29 heavy (non-hydrogen) atoms. The summed E-state index contributed by atoms with van der Waals surface area (Å²) in [5.74, 6) is -0.874. The van der Waals surface area contributed by atoms with Gasteiger partial charge in [-0.2, -0.15) is 0 Å². The second-order valence-corrected chi connectivity index (χ2v) is 7.15. The van der Waals surface area contributed by atoms with Crippen molar-refractivity contribution < 1.29 is 9.59 Å². The molecule has 0 fully saturated rings. The molecule has 0 bridgehead atoms. The van der Waals surface area contributed by atoms with Gasteiger partial charge in [0, 0.05) is 16.4 Å². The Balaban J connectivity index is 1.67. The molecule has 1 heterocycles. The number of carbonyl (C=O) groups excluding carboxylic acids is 2. The molecule has 0 aliphatic rings. The van der Waals surface area contributed by atoms with Crippen molar-refractivity contribution in [3.05, 3.63) is 63.8 Å². The van der Waals surface area contributed by atoms with Crippen molar-refractivity contribution in [2.24, 2.45) is 0 Å². The van der Waals surface area contributed by atoms with Crippen molar-refractivity contribution in [2.45, 2.75) is 27.3 Å². The van der Waals surface area contributed by atoms with Crippen molar-refractivity contribution in [2.75, 3.05) is 16.4 Å². The van der Waals surface area contributed by atoms with Crippen LogP contribution in [-0.4, -0.2) is 26.8 Å². The first-order valence-corrected chi connectivity index (χ1v) is 9.26. The van der Waals surface area contributed by atoms with E-state index in [4.69, 9.17) is 17.3 Å². The number of nitrogens with zero attached hydrogens (tertiary/aromatic N) is 3. The summed E-state index contributed by atoms with van der Waals surface area (Å²) in [6.07, 6.45) is 0. The Kier molecular flexibility index (Phi) is 5.84. The zero-order valence-electron chi connectivity index (χ0n) is 16.3. The van der Waals surface area contributed by atoms with Crippen LogP contribution in [0, 0.1) is 20.8 Å². The molecular weight excluding hydrogens is 392 g/mol. The molecule has 0 aliphatic heterocycles. The normalized spacial score (nSPS) is 10.6. The number of nitrogen functional groups attached to an aromatic ring is 1. The number of hydrogen-bond acceptors (Lipinski definition) is 5. The third-order valence-corrected chi connectivity index (χ3v) is 4.91. The Morgan fingerprint density at radius 3 is 2.31 bits per heavy atom. The van der Waals surface area contributed by atoms with Gasteiger partial charge in [0.2, 0.25) is 5.91 Å². The van der Waals surface area contributed by atoms with Crippen LogP contribution < -0.4 is 16.4 Å². The molecule has 0 unspecified atom stereocenters. The summed E-state index contributed by atoms with van der Waals surface area (Å²) in [5.41, 5.74) is 10.2. The van der Waals surface area contributed by atoms with E-state index in [-0.39, 0.29) is 24.0 Å². The Labute approximate surface area is 173 Å². The largest absolute Gasteiger partial charge is 0.382 e. The number of carbonyl (C=O) groups is 2. The van der Waals surface area contributed by atoms with Crippen LogP contribution in [0.1, 0.15) is 27.2 Å². The maximum Gasteiger partial charge on any atom is 0.280 e. The number of aromatic nitrogens is 3. The molecule has 3 aromatic rings. The molecule has 0 aliphatic carbocycles. The van der Waals surface area contributed by atoms with E-state index < -0.39 is 5.91 Å². The van der Waals surface area contributed by atoms with Gasteiger partial charge in [0.25, 0.3) is 5.91 Å². The second kappa shape index (κ2) is 8.32. The zero-order chi connectivity index (χ0) is 21.1. The van der Waals surface area contributed by atoms with Gasteiger partial charge in [-0.05, 0) is 61.7 Å². The molecule has 0 spiro atoms. The molecular formula is C20H21ClN6O2. The number of amides is 2. The van der Waals surface area contributed by atoms with Crippen LogP contribution in [0.15, 0.2) is 36.4 Å². The van der Waals surface area contributed by atoms with Crippen LogP contribution in [0.25, 0.3) is 0 Å². The SMILES string of the molecule is Cc1ccc(NC(=O)Cn2nnc(C(=O)Nc3ccc(C)c(Cl)c3)c2N)cc1C. The summed E-state index contributed by atoms with van der Waals surface area (Å²) in [6, 6.07) is 10.8. The zero-order valence-corrected chi connectivity index (χ0v) is 17.0. The lowest BCUT2D eigenvalue weighted by Gasteiger charge is -2.08. The maximum atomic E-state index is 12.4. The molecule has 2 amide bonds. The first-order valence-electron chi connectivity index (χ1n) is 8.88. The minimum Gasteiger partial charge on any atom is -0.382 e. The molecule has 0 atom stereocenters. The first kappa shape index (κ1) is 20.3. The third-order valence-electron chi connectivity index (χ3n) is 4.50. The smallest absolute Gasteiger partial charge is 0.280 e. The van der Waals surface area contributed by atoms with E-state index in [0.717, 1.165) is 16.7 Å². The van der Waals surface area contributed by atoms with E-state index in [1.807, 2.05) is 39.0 Å². The van der Waals surface area contributed by atoms with E-state index in [9.17, 15) is 9.59 Å². The summed E-state index contributed by atoms with van der Waals surface area (Å²) >= 11 is 6.07. The van der Waals surface area contributed by atoms with Crippen molar-refractivity contribution in [1.82, 2.24) is 15.0 Å². The molecule has 0 saturated carbocycles. The highest BCUT2D eigenvalue weighted by Crippen LogP contribution is 2.21. The Morgan fingerprint density at radius 2 is 1.66 bits per heavy atom. The van der Waals surface area contributed by atoms with Gasteiger partial charge in [-0.1, -0.05) is 28.9 Å². The predicted octanol–water partition coefficient (Wildman–Crippen LogP) is 3.33. The van der Waals surface area contributed by atoms with Gasteiger partial charge < -0.3 is 16.4 Å². The van der Waals surface area contributed by atoms with Gasteiger partial charge >= 0.3 is 0 Å². The number of hydrogen-bond donors (Lipinski definition) is 3. The van der Waals surface area contributed by atoms with Crippen LogP contribution >= 0.6 is 11.6 Å². The number of anilines is 3. The standard InChI is InChI=1S/C20H21ClN6O2/c1-11-4-6-14(8-13(11)3)23-17(28)10-27-19(22)18(25-26-27)20(29)24-15-7-5-12(2)16(21)9-15/h4-9H,10,22H2,1-3H3,(H,23,28)(H,24,29). The topological polar surface area (TPSA) is 115 Å². The molecule has 4 N–H and O–H groups in total. The monoisotopic (exact) mass is 412 g/mol. The van der Waals surface area contributed by atoms with E-state index in [0.29, 0.717) is 16.4 Å². The van der Waals surface area contributed by atoms with Crippen LogP contribution in [0.4, 0.5) is 17.2 Å². The summed E-state index contributed by atoms with van der Waals surface area (Å²) in [7, 11) is 0. The van der Waals surface area contributed by atoms with Gasteiger partial charge in [-0.25, -0.2) is 4.68 Å². The van der Waals surface area contributed by atoms with E-state index in [1.54, 1.807) is 18.2 Å². The van der Waals surface area contributed by atoms with Crippen LogP contribution in [0.2, 0.25) is 5.02 Å². The predicted molar refractivity (Wildman–Crippen MR) is 113 cm³/mol. The van der Waals surface area contributed by atoms with E-state index in [1.165, 1.54) is 4.68 Å². The quantitative estimate of drug-likeness (QED) is 0.594. The molecule has 8 nitrogen and oxygen atoms in total. The van der Waals surface area contributed by atoms with Crippen molar-refractivity contribution in [3.63, 3.8) is 0 Å². The summed E-state index contributed by atoms with van der Waals surface area (Å²) in [6.45, 7) is 5.65. The van der Waals surface area contributed by atoms with Gasteiger partial charge in [-0.15, -0.1) is 5.10 Å². The van der Waals surface area contributed by atoms with Crippen molar-refractivity contribution in [1.29, 1.82) is 0 Å². The fraction of sp³-hybridized carbons (Fsp3) is 0.200. The van der Waals surface area contributed by atoms with Crippen LogP contribution in [0.3, 0.4) is 0 Å². The lowest BCUT2D eigenvalue weighted by atomic mass is 10.1. The van der Waals surface area contributed by atoms with E-state index >= 15 is 0 Å².